The van der Waals surface area contributed by atoms with Crippen LogP contribution in [0.5, 0.6) is 11.5 Å². The second-order valence-electron chi connectivity index (χ2n) is 3.90. The Labute approximate surface area is 120 Å². The maximum absolute atomic E-state index is 11.7. The third-order valence-corrected chi connectivity index (χ3v) is 3.27. The number of carbonyl (C=O) groups excluding carboxylic acids is 1. The standard InChI is InChI=1S/C13H13ClN2O4/c1-18-7-4-8(19-2)12-9(10(7)14)11(15)6(5-16-12)13(17)20-3/h4-5H,1-3H3,(H2,15,16). The topological polar surface area (TPSA) is 83.7 Å². The summed E-state index contributed by atoms with van der Waals surface area (Å²) in [5.74, 6) is 0.241. The number of nitrogen functional groups attached to an aromatic ring is 1. The molecule has 0 aliphatic heterocycles. The molecule has 0 aliphatic carbocycles. The fraction of sp³-hybridized carbons (Fsp3) is 0.231. The zero-order valence-electron chi connectivity index (χ0n) is 11.2. The summed E-state index contributed by atoms with van der Waals surface area (Å²) in [6, 6.07) is 1.61. The number of fused-ring (bicyclic) bond motifs is 1. The van der Waals surface area contributed by atoms with E-state index >= 15 is 0 Å². The highest BCUT2D eigenvalue weighted by Gasteiger charge is 2.20. The number of ether oxygens (including phenoxy) is 3. The van der Waals surface area contributed by atoms with Crippen molar-refractivity contribution in [3.8, 4) is 11.5 Å². The van der Waals surface area contributed by atoms with Crippen LogP contribution in [0, 0.1) is 0 Å². The van der Waals surface area contributed by atoms with Gasteiger partial charge in [-0.05, 0) is 0 Å². The number of nitrogens with zero attached hydrogens (tertiary/aromatic N) is 1. The minimum absolute atomic E-state index is 0.136. The average molecular weight is 297 g/mol. The molecule has 2 rings (SSSR count). The van der Waals surface area contributed by atoms with E-state index in [0.29, 0.717) is 22.4 Å². The minimum atomic E-state index is -0.588. The van der Waals surface area contributed by atoms with Crippen molar-refractivity contribution in [3.05, 3.63) is 22.8 Å². The van der Waals surface area contributed by atoms with Crippen molar-refractivity contribution < 1.29 is 19.0 Å². The maximum atomic E-state index is 11.7. The van der Waals surface area contributed by atoms with Gasteiger partial charge in [0, 0.05) is 12.3 Å². The van der Waals surface area contributed by atoms with E-state index in [1.54, 1.807) is 6.07 Å². The Morgan fingerprint density at radius 2 is 1.90 bits per heavy atom. The molecule has 0 radical (unpaired) electrons. The lowest BCUT2D eigenvalue weighted by Crippen LogP contribution is -2.07. The van der Waals surface area contributed by atoms with Crippen LogP contribution in [0.4, 0.5) is 5.69 Å². The molecular formula is C13H13ClN2O4. The van der Waals surface area contributed by atoms with Crippen molar-refractivity contribution in [2.75, 3.05) is 27.1 Å². The van der Waals surface area contributed by atoms with Gasteiger partial charge in [0.25, 0.3) is 0 Å². The molecular weight excluding hydrogens is 284 g/mol. The van der Waals surface area contributed by atoms with Crippen LogP contribution >= 0.6 is 11.6 Å². The van der Waals surface area contributed by atoms with Crippen LogP contribution in [0.2, 0.25) is 5.02 Å². The number of pyridine rings is 1. The van der Waals surface area contributed by atoms with Gasteiger partial charge in [0.05, 0.1) is 37.4 Å². The zero-order valence-corrected chi connectivity index (χ0v) is 11.9. The normalized spacial score (nSPS) is 10.4. The fourth-order valence-electron chi connectivity index (χ4n) is 1.89. The van der Waals surface area contributed by atoms with Crippen LogP contribution in [0.3, 0.4) is 0 Å². The second kappa shape index (κ2) is 5.42. The quantitative estimate of drug-likeness (QED) is 0.875. The first-order chi connectivity index (χ1) is 9.54. The number of benzene rings is 1. The Kier molecular flexibility index (Phi) is 3.85. The van der Waals surface area contributed by atoms with Crippen molar-refractivity contribution in [1.29, 1.82) is 0 Å². The van der Waals surface area contributed by atoms with Crippen molar-refractivity contribution in [3.63, 3.8) is 0 Å². The summed E-state index contributed by atoms with van der Waals surface area (Å²) in [4.78, 5) is 15.8. The van der Waals surface area contributed by atoms with Gasteiger partial charge in [0.2, 0.25) is 0 Å². The Balaban J connectivity index is 2.88. The van der Waals surface area contributed by atoms with Crippen molar-refractivity contribution in [2.45, 2.75) is 0 Å². The van der Waals surface area contributed by atoms with Gasteiger partial charge in [-0.15, -0.1) is 0 Å². The van der Waals surface area contributed by atoms with Crippen molar-refractivity contribution >= 4 is 34.2 Å². The minimum Gasteiger partial charge on any atom is -0.495 e. The molecule has 106 valence electrons. The molecule has 6 nitrogen and oxygen atoms in total. The summed E-state index contributed by atoms with van der Waals surface area (Å²) < 4.78 is 15.1. The number of aromatic nitrogens is 1. The summed E-state index contributed by atoms with van der Waals surface area (Å²) in [5.41, 5.74) is 6.76. The predicted molar refractivity (Wildman–Crippen MR) is 75.6 cm³/mol. The zero-order chi connectivity index (χ0) is 14.9. The summed E-state index contributed by atoms with van der Waals surface area (Å²) in [6.07, 6.45) is 1.33. The third kappa shape index (κ3) is 2.08. The number of hydrogen-bond donors (Lipinski definition) is 1. The van der Waals surface area contributed by atoms with Crippen LogP contribution in [-0.2, 0) is 4.74 Å². The van der Waals surface area contributed by atoms with Crippen LogP contribution in [0.25, 0.3) is 10.9 Å². The second-order valence-corrected chi connectivity index (χ2v) is 4.27. The smallest absolute Gasteiger partial charge is 0.341 e. The molecule has 1 aromatic carbocycles. The van der Waals surface area contributed by atoms with E-state index < -0.39 is 5.97 Å². The summed E-state index contributed by atoms with van der Waals surface area (Å²) in [5, 5.41) is 0.657. The molecule has 0 saturated carbocycles. The van der Waals surface area contributed by atoms with Gasteiger partial charge in [-0.1, -0.05) is 11.6 Å². The van der Waals surface area contributed by atoms with E-state index in [1.807, 2.05) is 0 Å². The van der Waals surface area contributed by atoms with E-state index in [9.17, 15) is 4.79 Å². The van der Waals surface area contributed by atoms with Crippen molar-refractivity contribution in [1.82, 2.24) is 4.98 Å². The lowest BCUT2D eigenvalue weighted by molar-refractivity contribution is 0.0601. The first-order valence-corrected chi connectivity index (χ1v) is 5.99. The third-order valence-electron chi connectivity index (χ3n) is 2.90. The number of anilines is 1. The molecule has 7 heteroatoms. The maximum Gasteiger partial charge on any atom is 0.341 e. The molecule has 2 N–H and O–H groups in total. The number of nitrogens with two attached hydrogens (primary N) is 1. The van der Waals surface area contributed by atoms with Gasteiger partial charge in [0.15, 0.2) is 0 Å². The van der Waals surface area contributed by atoms with E-state index in [4.69, 9.17) is 26.8 Å². The highest BCUT2D eigenvalue weighted by atomic mass is 35.5. The van der Waals surface area contributed by atoms with Gasteiger partial charge in [-0.2, -0.15) is 0 Å². The molecule has 20 heavy (non-hydrogen) atoms. The van der Waals surface area contributed by atoms with E-state index in [0.717, 1.165) is 0 Å². The van der Waals surface area contributed by atoms with Gasteiger partial charge in [0.1, 0.15) is 22.6 Å². The Morgan fingerprint density at radius 1 is 1.25 bits per heavy atom. The SMILES string of the molecule is COC(=O)c1cnc2c(OC)cc(OC)c(Cl)c2c1N. The van der Waals surface area contributed by atoms with Crippen LogP contribution in [-0.4, -0.2) is 32.3 Å². The average Bonchev–Trinajstić information content (AvgIpc) is 2.47. The first kappa shape index (κ1) is 14.2. The predicted octanol–water partition coefficient (Wildman–Crippen LogP) is 2.27. The van der Waals surface area contributed by atoms with E-state index in [-0.39, 0.29) is 16.3 Å². The highest BCUT2D eigenvalue weighted by Crippen LogP contribution is 2.41. The number of carbonyl (C=O) groups is 1. The van der Waals surface area contributed by atoms with Crippen LogP contribution in [0.1, 0.15) is 10.4 Å². The fourth-order valence-corrected chi connectivity index (χ4v) is 2.21. The molecule has 0 fully saturated rings. The lowest BCUT2D eigenvalue weighted by atomic mass is 10.1. The molecule has 0 atom stereocenters. The summed E-state index contributed by atoms with van der Waals surface area (Å²) in [6.45, 7) is 0. The number of rotatable bonds is 3. The number of halogens is 1. The monoisotopic (exact) mass is 296 g/mol. The van der Waals surface area contributed by atoms with Gasteiger partial charge in [-0.3, -0.25) is 4.98 Å². The Bertz CT molecular complexity index is 688. The van der Waals surface area contributed by atoms with Gasteiger partial charge >= 0.3 is 5.97 Å². The van der Waals surface area contributed by atoms with Crippen LogP contribution in [0.15, 0.2) is 12.3 Å². The largest absolute Gasteiger partial charge is 0.495 e. The number of methoxy groups -OCH3 is 3. The molecule has 1 heterocycles. The van der Waals surface area contributed by atoms with Gasteiger partial charge in [-0.25, -0.2) is 4.79 Å². The molecule has 0 unspecified atom stereocenters. The number of esters is 1. The molecule has 0 amide bonds. The van der Waals surface area contributed by atoms with E-state index in [2.05, 4.69) is 9.72 Å². The molecule has 1 aromatic heterocycles. The molecule has 0 aliphatic rings. The van der Waals surface area contributed by atoms with E-state index in [1.165, 1.54) is 27.5 Å². The first-order valence-electron chi connectivity index (χ1n) is 5.62. The van der Waals surface area contributed by atoms with Crippen molar-refractivity contribution in [2.24, 2.45) is 0 Å². The summed E-state index contributed by atoms with van der Waals surface area (Å²) >= 11 is 6.24. The Morgan fingerprint density at radius 3 is 2.45 bits per heavy atom. The molecule has 0 bridgehead atoms. The number of hydrogen-bond acceptors (Lipinski definition) is 6. The van der Waals surface area contributed by atoms with Crippen LogP contribution < -0.4 is 15.2 Å². The highest BCUT2D eigenvalue weighted by molar-refractivity contribution is 6.38. The molecule has 2 aromatic rings. The lowest BCUT2D eigenvalue weighted by Gasteiger charge is -2.13. The molecule has 0 spiro atoms. The Hall–Kier alpha value is -2.21. The van der Waals surface area contributed by atoms with Gasteiger partial charge < -0.3 is 19.9 Å². The summed E-state index contributed by atoms with van der Waals surface area (Å²) in [7, 11) is 4.23. The molecule has 0 saturated heterocycles.